The van der Waals surface area contributed by atoms with Crippen LogP contribution in [0.15, 0.2) is 42.5 Å². The lowest BCUT2D eigenvalue weighted by Crippen LogP contribution is -2.17. The van der Waals surface area contributed by atoms with Crippen molar-refractivity contribution in [2.75, 3.05) is 26.6 Å². The van der Waals surface area contributed by atoms with Gasteiger partial charge >= 0.3 is 0 Å². The van der Waals surface area contributed by atoms with Gasteiger partial charge in [0, 0.05) is 12.1 Å². The fourth-order valence-corrected chi connectivity index (χ4v) is 3.22. The second kappa shape index (κ2) is 8.13. The third-order valence-corrected chi connectivity index (χ3v) is 4.81. The summed E-state index contributed by atoms with van der Waals surface area (Å²) in [6.07, 6.45) is 2.77. The second-order valence-corrected chi connectivity index (χ2v) is 6.54. The average molecular weight is 355 g/mol. The zero-order valence-corrected chi connectivity index (χ0v) is 15.5. The quantitative estimate of drug-likeness (QED) is 0.770. The highest BCUT2D eigenvalue weighted by Crippen LogP contribution is 2.46. The summed E-state index contributed by atoms with van der Waals surface area (Å²) in [7, 11) is 4.87. The molecule has 1 fully saturated rings. The first-order valence-corrected chi connectivity index (χ1v) is 8.80. The van der Waals surface area contributed by atoms with Gasteiger partial charge in [-0.25, -0.2) is 0 Å². The third-order valence-electron chi connectivity index (χ3n) is 4.81. The Hall–Kier alpha value is -2.69. The molecule has 0 saturated heterocycles. The van der Waals surface area contributed by atoms with Crippen LogP contribution in [0.25, 0.3) is 0 Å². The Morgan fingerprint density at radius 2 is 1.69 bits per heavy atom. The molecule has 138 valence electrons. The van der Waals surface area contributed by atoms with Crippen molar-refractivity contribution in [3.63, 3.8) is 0 Å². The number of hydrogen-bond donors (Lipinski definition) is 1. The first-order valence-electron chi connectivity index (χ1n) is 8.80. The lowest BCUT2D eigenvalue weighted by atomic mass is 9.90. The number of methoxy groups -OCH3 is 3. The van der Waals surface area contributed by atoms with Gasteiger partial charge in [-0.2, -0.15) is 0 Å². The second-order valence-electron chi connectivity index (χ2n) is 6.54. The Kier molecular flexibility index (Phi) is 5.66. The fraction of sp³-hybridized carbons (Fsp3) is 0.381. The Morgan fingerprint density at radius 3 is 2.27 bits per heavy atom. The van der Waals surface area contributed by atoms with E-state index in [4.69, 9.17) is 14.2 Å². The van der Waals surface area contributed by atoms with Crippen LogP contribution in [-0.2, 0) is 4.79 Å². The number of carbonyl (C=O) groups excluding carboxylic acids is 1. The highest BCUT2D eigenvalue weighted by Gasteiger charge is 2.34. The summed E-state index contributed by atoms with van der Waals surface area (Å²) in [6, 6.07) is 13.3. The van der Waals surface area contributed by atoms with E-state index in [0.717, 1.165) is 29.8 Å². The van der Waals surface area contributed by atoms with E-state index in [0.29, 0.717) is 23.8 Å². The number of benzene rings is 2. The van der Waals surface area contributed by atoms with Crippen LogP contribution in [0.4, 0.5) is 5.69 Å². The van der Waals surface area contributed by atoms with Crippen LogP contribution < -0.4 is 19.5 Å². The molecule has 3 rings (SSSR count). The minimum Gasteiger partial charge on any atom is -0.497 e. The minimum atomic E-state index is 0.0156. The van der Waals surface area contributed by atoms with E-state index in [2.05, 4.69) is 5.32 Å². The lowest BCUT2D eigenvalue weighted by molar-refractivity contribution is -0.116. The average Bonchev–Trinajstić information content (AvgIpc) is 3.51. The predicted octanol–water partition coefficient (Wildman–Crippen LogP) is 4.23. The highest BCUT2D eigenvalue weighted by atomic mass is 16.5. The number of amides is 1. The van der Waals surface area contributed by atoms with Crippen molar-refractivity contribution in [3.05, 3.63) is 48.0 Å². The molecule has 1 unspecified atom stereocenters. The maximum Gasteiger partial charge on any atom is 0.224 e. The van der Waals surface area contributed by atoms with Gasteiger partial charge in [0.1, 0.15) is 5.75 Å². The van der Waals surface area contributed by atoms with Crippen LogP contribution in [0.1, 0.15) is 30.7 Å². The van der Waals surface area contributed by atoms with Gasteiger partial charge < -0.3 is 19.5 Å². The Morgan fingerprint density at radius 1 is 1.00 bits per heavy atom. The van der Waals surface area contributed by atoms with Crippen molar-refractivity contribution >= 4 is 11.6 Å². The van der Waals surface area contributed by atoms with E-state index < -0.39 is 0 Å². The molecule has 1 N–H and O–H groups in total. The smallest absolute Gasteiger partial charge is 0.224 e. The van der Waals surface area contributed by atoms with Gasteiger partial charge in [0.05, 0.1) is 21.3 Å². The van der Waals surface area contributed by atoms with Crippen LogP contribution in [0, 0.1) is 5.92 Å². The molecule has 0 aromatic heterocycles. The molecule has 1 atom stereocenters. The molecule has 0 heterocycles. The van der Waals surface area contributed by atoms with Gasteiger partial charge in [-0.1, -0.05) is 6.07 Å². The molecule has 2 aromatic rings. The first-order chi connectivity index (χ1) is 12.6. The number of carbonyl (C=O) groups is 1. The number of anilines is 1. The maximum atomic E-state index is 12.6. The van der Waals surface area contributed by atoms with Crippen molar-refractivity contribution < 1.29 is 19.0 Å². The summed E-state index contributed by atoms with van der Waals surface area (Å²) < 4.78 is 15.9. The molecule has 0 radical (unpaired) electrons. The predicted molar refractivity (Wildman–Crippen MR) is 101 cm³/mol. The molecule has 26 heavy (non-hydrogen) atoms. The molecule has 2 aromatic carbocycles. The van der Waals surface area contributed by atoms with Gasteiger partial charge in [-0.05, 0) is 66.6 Å². The van der Waals surface area contributed by atoms with E-state index in [1.54, 1.807) is 21.3 Å². The van der Waals surface area contributed by atoms with Gasteiger partial charge in [0.2, 0.25) is 5.91 Å². The number of ether oxygens (including phenoxy) is 3. The van der Waals surface area contributed by atoms with E-state index in [1.807, 2.05) is 42.5 Å². The largest absolute Gasteiger partial charge is 0.497 e. The maximum absolute atomic E-state index is 12.6. The van der Waals surface area contributed by atoms with Crippen molar-refractivity contribution in [1.29, 1.82) is 0 Å². The van der Waals surface area contributed by atoms with Crippen LogP contribution in [0.3, 0.4) is 0 Å². The SMILES string of the molecule is COc1ccc(NC(=O)CC(c2ccc(OC)c(OC)c2)C2CC2)cc1. The molecule has 0 bridgehead atoms. The molecule has 1 aliphatic rings. The zero-order valence-electron chi connectivity index (χ0n) is 15.5. The van der Waals surface area contributed by atoms with Crippen molar-refractivity contribution in [2.45, 2.75) is 25.2 Å². The van der Waals surface area contributed by atoms with Gasteiger partial charge in [0.25, 0.3) is 0 Å². The van der Waals surface area contributed by atoms with Crippen LogP contribution in [0.5, 0.6) is 17.2 Å². The van der Waals surface area contributed by atoms with E-state index >= 15 is 0 Å². The highest BCUT2D eigenvalue weighted by molar-refractivity contribution is 5.91. The van der Waals surface area contributed by atoms with Gasteiger partial charge in [-0.15, -0.1) is 0 Å². The summed E-state index contributed by atoms with van der Waals surface area (Å²) in [5.74, 6) is 2.92. The normalized spacial score (nSPS) is 14.4. The first kappa shape index (κ1) is 18.1. The van der Waals surface area contributed by atoms with Crippen LogP contribution >= 0.6 is 0 Å². The summed E-state index contributed by atoms with van der Waals surface area (Å²) in [4.78, 5) is 12.6. The monoisotopic (exact) mass is 355 g/mol. The van der Waals surface area contributed by atoms with Crippen molar-refractivity contribution in [1.82, 2.24) is 0 Å². The van der Waals surface area contributed by atoms with E-state index in [1.165, 1.54) is 0 Å². The van der Waals surface area contributed by atoms with E-state index in [9.17, 15) is 4.79 Å². The van der Waals surface area contributed by atoms with Crippen molar-refractivity contribution in [2.24, 2.45) is 5.92 Å². The Bertz CT molecular complexity index is 753. The summed E-state index contributed by atoms with van der Waals surface area (Å²) in [5.41, 5.74) is 1.90. The van der Waals surface area contributed by atoms with Crippen LogP contribution in [0.2, 0.25) is 0 Å². The summed E-state index contributed by atoms with van der Waals surface area (Å²) in [6.45, 7) is 0. The van der Waals surface area contributed by atoms with E-state index in [-0.39, 0.29) is 11.8 Å². The zero-order chi connectivity index (χ0) is 18.5. The Labute approximate surface area is 154 Å². The number of rotatable bonds is 8. The summed E-state index contributed by atoms with van der Waals surface area (Å²) in [5, 5.41) is 2.98. The number of hydrogen-bond acceptors (Lipinski definition) is 4. The fourth-order valence-electron chi connectivity index (χ4n) is 3.22. The molecule has 5 nitrogen and oxygen atoms in total. The van der Waals surface area contributed by atoms with Crippen molar-refractivity contribution in [3.8, 4) is 17.2 Å². The molecule has 1 aliphatic carbocycles. The third kappa shape index (κ3) is 4.28. The van der Waals surface area contributed by atoms with Gasteiger partial charge in [0.15, 0.2) is 11.5 Å². The van der Waals surface area contributed by atoms with Gasteiger partial charge in [-0.3, -0.25) is 4.79 Å². The molecule has 1 saturated carbocycles. The topological polar surface area (TPSA) is 56.8 Å². The molecular formula is C21H25NO4. The summed E-state index contributed by atoms with van der Waals surface area (Å²) >= 11 is 0. The Balaban J connectivity index is 1.71. The lowest BCUT2D eigenvalue weighted by Gasteiger charge is -2.18. The molecule has 0 aliphatic heterocycles. The molecule has 0 spiro atoms. The minimum absolute atomic E-state index is 0.0156. The standard InChI is InChI=1S/C21H25NO4/c1-24-17-9-7-16(8-10-17)22-21(23)13-18(14-4-5-14)15-6-11-19(25-2)20(12-15)26-3/h6-12,14,18H,4-5,13H2,1-3H3,(H,22,23). The number of nitrogens with one attached hydrogen (secondary N) is 1. The van der Waals surface area contributed by atoms with Crippen LogP contribution in [-0.4, -0.2) is 27.2 Å². The molecule has 5 heteroatoms. The molecule has 1 amide bonds. The molecular weight excluding hydrogens is 330 g/mol.